The third-order valence-electron chi connectivity index (χ3n) is 14.2. The highest BCUT2D eigenvalue weighted by molar-refractivity contribution is 7.37. The molecule has 0 bridgehead atoms. The molecule has 2 unspecified atom stereocenters. The monoisotopic (exact) mass is 994 g/mol. The first-order valence-electron chi connectivity index (χ1n) is 25.2. The van der Waals surface area contributed by atoms with Gasteiger partial charge < -0.3 is 9.13 Å². The second kappa shape index (κ2) is 20.5. The lowest BCUT2D eigenvalue weighted by molar-refractivity contribution is 0.452. The molecule has 9 heterocycles. The molecule has 10 aromatic rings. The van der Waals surface area contributed by atoms with E-state index in [0.29, 0.717) is 0 Å². The van der Waals surface area contributed by atoms with Crippen molar-refractivity contribution < 1.29 is 0 Å². The predicted molar refractivity (Wildman–Crippen MR) is 299 cm³/mol. The Morgan fingerprint density at radius 1 is 0.462 bits per heavy atom. The number of benzene rings is 1. The average Bonchev–Trinajstić information content (AvgIpc) is 4.18. The number of hydrogen-bond donors (Lipinski definition) is 0. The normalized spacial score (nSPS) is 13.6. The topological polar surface area (TPSA) is 35.6 Å². The van der Waals surface area contributed by atoms with Crippen LogP contribution in [0.2, 0.25) is 0 Å². The number of thiophene rings is 6. The maximum Gasteiger partial charge on any atom is 0.114 e. The van der Waals surface area contributed by atoms with E-state index in [-0.39, 0.29) is 0 Å². The Balaban J connectivity index is 0.997. The fraction of sp³-hybridized carbons (Fsp3) is 0.519. The van der Waals surface area contributed by atoms with Crippen LogP contribution in [0.3, 0.4) is 0 Å². The summed E-state index contributed by atoms with van der Waals surface area (Å²) in [6.45, 7) is 16.3. The fourth-order valence-electron chi connectivity index (χ4n) is 10.4. The van der Waals surface area contributed by atoms with Crippen LogP contribution >= 0.6 is 79.7 Å². The van der Waals surface area contributed by atoms with Crippen LogP contribution < -0.4 is 0 Å². The molecule has 0 aliphatic rings. The smallest absolute Gasteiger partial charge is 0.114 e. The summed E-state index contributed by atoms with van der Waals surface area (Å²) in [4.78, 5) is 5.78. The van der Waals surface area contributed by atoms with E-state index in [1.54, 1.807) is 9.75 Å². The minimum atomic E-state index is 0.790. The van der Waals surface area contributed by atoms with Gasteiger partial charge in [0.05, 0.1) is 62.0 Å². The highest BCUT2D eigenvalue weighted by Crippen LogP contribution is 2.52. The van der Waals surface area contributed by atoms with Crippen molar-refractivity contribution >= 4 is 150 Å². The molecule has 0 saturated heterocycles. The summed E-state index contributed by atoms with van der Waals surface area (Å²) in [5, 5.41) is 0. The number of nitrogens with zero attached hydrogens (tertiary/aromatic N) is 4. The number of hydrogen-bond acceptors (Lipinski definition) is 9. The van der Waals surface area contributed by atoms with Gasteiger partial charge in [0.15, 0.2) is 0 Å². The lowest BCUT2D eigenvalue weighted by atomic mass is 9.95. The van der Waals surface area contributed by atoms with Crippen molar-refractivity contribution in [1.82, 2.24) is 17.9 Å². The van der Waals surface area contributed by atoms with E-state index in [1.165, 1.54) is 208 Å². The molecule has 0 N–H and O–H groups in total. The second-order valence-corrected chi connectivity index (χ2v) is 25.8. The average molecular weight is 996 g/mol. The summed E-state index contributed by atoms with van der Waals surface area (Å²) < 4.78 is 27.3. The Morgan fingerprint density at radius 3 is 1.32 bits per heavy atom. The molecule has 11 heteroatoms. The molecule has 2 atom stereocenters. The molecule has 0 fully saturated rings. The minimum Gasteiger partial charge on any atom is -0.338 e. The molecule has 0 radical (unpaired) electrons. The highest BCUT2D eigenvalue weighted by Gasteiger charge is 2.26. The van der Waals surface area contributed by atoms with Crippen molar-refractivity contribution in [2.45, 2.75) is 170 Å². The maximum absolute atomic E-state index is 5.03. The van der Waals surface area contributed by atoms with E-state index in [0.717, 1.165) is 36.0 Å². The Morgan fingerprint density at radius 2 is 0.908 bits per heavy atom. The Bertz CT molecular complexity index is 2970. The van der Waals surface area contributed by atoms with Gasteiger partial charge in [0, 0.05) is 53.1 Å². The van der Waals surface area contributed by atoms with Gasteiger partial charge in [-0.3, -0.25) is 0 Å². The molecule has 0 spiro atoms. The highest BCUT2D eigenvalue weighted by atomic mass is 32.1. The molecule has 4 nitrogen and oxygen atoms in total. The first-order chi connectivity index (χ1) is 32.0. The summed E-state index contributed by atoms with van der Waals surface area (Å²) in [5.74, 6) is 1.58. The molecule has 0 amide bonds. The summed E-state index contributed by atoms with van der Waals surface area (Å²) in [5.41, 5.74) is 10.4. The van der Waals surface area contributed by atoms with Crippen molar-refractivity contribution in [3.63, 3.8) is 0 Å². The van der Waals surface area contributed by atoms with Gasteiger partial charge in [-0.2, -0.15) is 8.75 Å². The SMILES string of the molecule is CCCCCCn1c2cc(CC(CC)CCCC)sc2c2sc3cc(-c4ccc(-c5cc6sc7c8sc(CC(CC)CCCC)cc8n(CCCCCC)c7c6s5)c5nsnc45)sc3c21. The third kappa shape index (κ3) is 8.84. The molecule has 344 valence electrons. The first kappa shape index (κ1) is 46.1. The molecule has 0 aliphatic carbocycles. The number of aryl methyl sites for hydroxylation is 2. The number of unbranched alkanes of at least 4 members (excludes halogenated alkanes) is 8. The number of fused-ring (bicyclic) bond motifs is 11. The molecular formula is C54H66N4S7. The van der Waals surface area contributed by atoms with Crippen LogP contribution in [0.5, 0.6) is 0 Å². The largest absolute Gasteiger partial charge is 0.338 e. The van der Waals surface area contributed by atoms with Crippen LogP contribution in [0, 0.1) is 11.8 Å². The lowest BCUT2D eigenvalue weighted by Crippen LogP contribution is -2.02. The zero-order chi connectivity index (χ0) is 44.6. The molecule has 9 aromatic heterocycles. The van der Waals surface area contributed by atoms with Gasteiger partial charge in [-0.1, -0.05) is 144 Å². The summed E-state index contributed by atoms with van der Waals surface area (Å²) >= 11 is 13.5. The van der Waals surface area contributed by atoms with Crippen molar-refractivity contribution in [1.29, 1.82) is 0 Å². The van der Waals surface area contributed by atoms with Gasteiger partial charge in [-0.25, -0.2) is 0 Å². The van der Waals surface area contributed by atoms with Crippen molar-refractivity contribution in [2.75, 3.05) is 0 Å². The van der Waals surface area contributed by atoms with E-state index in [2.05, 4.69) is 110 Å². The summed E-state index contributed by atoms with van der Waals surface area (Å²) in [6, 6.07) is 14.8. The molecule has 1 aromatic carbocycles. The molecule has 65 heavy (non-hydrogen) atoms. The Kier molecular flexibility index (Phi) is 14.6. The van der Waals surface area contributed by atoms with Gasteiger partial charge in [-0.05, 0) is 61.8 Å². The van der Waals surface area contributed by atoms with Gasteiger partial charge in [-0.15, -0.1) is 68.0 Å². The van der Waals surface area contributed by atoms with Crippen LogP contribution in [0.25, 0.3) is 91.6 Å². The zero-order valence-electron chi connectivity index (χ0n) is 39.4. The van der Waals surface area contributed by atoms with Crippen molar-refractivity contribution in [3.05, 3.63) is 46.2 Å². The molecule has 0 aliphatic heterocycles. The first-order valence-corrected chi connectivity index (χ1v) is 30.8. The number of aromatic nitrogens is 4. The van der Waals surface area contributed by atoms with Gasteiger partial charge >= 0.3 is 0 Å². The third-order valence-corrected chi connectivity index (χ3v) is 22.2. The van der Waals surface area contributed by atoms with Crippen LogP contribution in [-0.4, -0.2) is 17.9 Å². The van der Waals surface area contributed by atoms with E-state index < -0.39 is 0 Å². The van der Waals surface area contributed by atoms with Gasteiger partial charge in [0.25, 0.3) is 0 Å². The second-order valence-electron chi connectivity index (χ2n) is 18.8. The van der Waals surface area contributed by atoms with E-state index >= 15 is 0 Å². The molecular weight excluding hydrogens is 929 g/mol. The summed E-state index contributed by atoms with van der Waals surface area (Å²) in [7, 11) is 0. The van der Waals surface area contributed by atoms with E-state index in [9.17, 15) is 0 Å². The molecule has 10 rings (SSSR count). The zero-order valence-corrected chi connectivity index (χ0v) is 45.1. The Labute approximate surface area is 414 Å². The fourth-order valence-corrected chi connectivity index (χ4v) is 19.2. The van der Waals surface area contributed by atoms with Crippen LogP contribution in [0.15, 0.2) is 36.4 Å². The van der Waals surface area contributed by atoms with Crippen LogP contribution in [0.1, 0.15) is 154 Å². The predicted octanol–water partition coefficient (Wildman–Crippen LogP) is 20.6. The van der Waals surface area contributed by atoms with Gasteiger partial charge in [0.1, 0.15) is 11.0 Å². The summed E-state index contributed by atoms with van der Waals surface area (Å²) in [6.07, 6.45) is 23.2. The quantitative estimate of drug-likeness (QED) is 0.0566. The van der Waals surface area contributed by atoms with E-state index in [4.69, 9.17) is 8.75 Å². The lowest BCUT2D eigenvalue weighted by Gasteiger charge is -2.12. The van der Waals surface area contributed by atoms with Crippen LogP contribution in [-0.2, 0) is 25.9 Å². The Hall–Kier alpha value is -2.64. The number of rotatable bonds is 24. The standard InChI is InChI=1S/C54H66N4S7/c1-7-13-17-19-25-57-39-29-35(27-33(11-5)21-15-9-3)59-49(39)53-47(57)51-43(63-53)31-41(61-51)37-23-24-38(46-45(37)55-65-56-46)42-32-44-52(62-42)48-54(64-44)50-40(58(48)26-20-18-14-8-2)30-36(60-50)28-34(12-6)22-16-10-4/h23-24,29-34H,7-22,25-28H2,1-6H3. The molecule has 0 saturated carbocycles. The minimum absolute atomic E-state index is 0.790. The van der Waals surface area contributed by atoms with Gasteiger partial charge in [0.2, 0.25) is 0 Å². The van der Waals surface area contributed by atoms with Crippen LogP contribution in [0.4, 0.5) is 0 Å². The van der Waals surface area contributed by atoms with E-state index in [1.807, 2.05) is 45.3 Å². The maximum atomic E-state index is 5.03. The van der Waals surface area contributed by atoms with Crippen molar-refractivity contribution in [2.24, 2.45) is 11.8 Å². The van der Waals surface area contributed by atoms with Crippen molar-refractivity contribution in [3.8, 4) is 20.9 Å².